The lowest BCUT2D eigenvalue weighted by Crippen LogP contribution is -2.55. The van der Waals surface area contributed by atoms with Crippen molar-refractivity contribution in [2.45, 2.75) is 57.5 Å². The number of anilines is 6. The third-order valence-electron chi connectivity index (χ3n) is 14.5. The summed E-state index contributed by atoms with van der Waals surface area (Å²) in [5.74, 6) is -0.653. The number of benzene rings is 3. The summed E-state index contributed by atoms with van der Waals surface area (Å²) in [5.41, 5.74) is 6.14. The van der Waals surface area contributed by atoms with Gasteiger partial charge in [-0.1, -0.05) is 6.92 Å². The van der Waals surface area contributed by atoms with Gasteiger partial charge in [-0.25, -0.2) is 4.98 Å². The molecule has 370 valence electrons. The molecule has 5 amide bonds. The Morgan fingerprint density at radius 1 is 0.845 bits per heavy atom. The van der Waals surface area contributed by atoms with E-state index in [9.17, 15) is 28.5 Å². The molecule has 7 heterocycles. The maximum absolute atomic E-state index is 13.9. The molecule has 2 atom stereocenters. The smallest absolute Gasteiger partial charge is 0.262 e. The van der Waals surface area contributed by atoms with Gasteiger partial charge < -0.3 is 34.6 Å². The largest absolute Gasteiger partial charge is 0.494 e. The Bertz CT molecular complexity index is 3030. The van der Waals surface area contributed by atoms with Gasteiger partial charge in [0.05, 0.1) is 50.8 Å². The number of imide groups is 2. The molecule has 10 rings (SSSR count). The molecule has 71 heavy (non-hydrogen) atoms. The van der Waals surface area contributed by atoms with E-state index >= 15 is 0 Å². The van der Waals surface area contributed by atoms with Crippen molar-refractivity contribution in [1.82, 2.24) is 40.0 Å². The van der Waals surface area contributed by atoms with Crippen molar-refractivity contribution < 1.29 is 33.3 Å². The molecule has 5 aliphatic heterocycles. The highest BCUT2D eigenvalue weighted by atomic mass is 79.9. The van der Waals surface area contributed by atoms with E-state index in [1.54, 1.807) is 57.2 Å². The summed E-state index contributed by atoms with van der Waals surface area (Å²) >= 11 is 3.59. The number of aromatic nitrogens is 4. The number of carbonyl (C=O) groups is 5. The minimum absolute atomic E-state index is 0.0614. The van der Waals surface area contributed by atoms with Gasteiger partial charge in [-0.15, -0.1) is 0 Å². The van der Waals surface area contributed by atoms with Crippen LogP contribution in [0, 0.1) is 5.92 Å². The fraction of sp³-hybridized carbons (Fsp3) is 0.420. The number of halogens is 1. The first kappa shape index (κ1) is 48.1. The number of ether oxygens (including phenoxy) is 1. The number of nitrogens with zero attached hydrogens (tertiary/aromatic N) is 9. The molecule has 1 unspecified atom stereocenters. The molecule has 19 nitrogen and oxygen atoms in total. The van der Waals surface area contributed by atoms with Crippen LogP contribution in [0.15, 0.2) is 65.5 Å². The molecule has 0 saturated carbocycles. The summed E-state index contributed by atoms with van der Waals surface area (Å²) in [6.45, 7) is 11.5. The van der Waals surface area contributed by atoms with Crippen molar-refractivity contribution in [1.29, 1.82) is 0 Å². The monoisotopic (exact) mass is 1050 g/mol. The lowest BCUT2D eigenvalue weighted by Gasteiger charge is -2.44. The average molecular weight is 1050 g/mol. The minimum atomic E-state index is -2.80. The van der Waals surface area contributed by atoms with Crippen LogP contribution in [0.5, 0.6) is 5.75 Å². The number of amides is 5. The van der Waals surface area contributed by atoms with E-state index in [0.29, 0.717) is 82.7 Å². The Balaban J connectivity index is 0.732. The maximum Gasteiger partial charge on any atom is 0.262 e. The molecule has 4 fully saturated rings. The SMILES string of the molecule is CCc1cc(Nc2ncc(Br)c(Nc3ccc4nccnc4c3P(C)(C)=O)n2)c(OC)cc1N1CCC(N2CCN(C(=O)[C@H]3CCN(c4ccc5c(c4)C(=O)N(C4CCC(=O)NC4=O)C5=O)C3)CC2)CC1. The summed E-state index contributed by atoms with van der Waals surface area (Å²) in [7, 11) is -1.14. The predicted molar refractivity (Wildman–Crippen MR) is 274 cm³/mol. The number of rotatable bonds is 12. The number of fused-ring (bicyclic) bond motifs is 2. The van der Waals surface area contributed by atoms with Gasteiger partial charge in [-0.05, 0) is 103 Å². The Kier molecular flexibility index (Phi) is 13.3. The fourth-order valence-corrected chi connectivity index (χ4v) is 12.5. The number of hydrogen-bond donors (Lipinski definition) is 3. The number of piperazine rings is 1. The van der Waals surface area contributed by atoms with Crippen molar-refractivity contribution in [3.63, 3.8) is 0 Å². The Morgan fingerprint density at radius 3 is 2.32 bits per heavy atom. The van der Waals surface area contributed by atoms with Gasteiger partial charge in [0.2, 0.25) is 23.7 Å². The Labute approximate surface area is 419 Å². The second kappa shape index (κ2) is 19.6. The topological polar surface area (TPSA) is 216 Å². The van der Waals surface area contributed by atoms with Gasteiger partial charge >= 0.3 is 0 Å². The molecular formula is C50H56BrN12O7P. The van der Waals surface area contributed by atoms with E-state index in [0.717, 1.165) is 67.4 Å². The lowest BCUT2D eigenvalue weighted by atomic mass is 9.99. The molecule has 4 saturated heterocycles. The van der Waals surface area contributed by atoms with Gasteiger partial charge in [-0.3, -0.25) is 49.1 Å². The molecule has 21 heteroatoms. The molecular weight excluding hydrogens is 992 g/mol. The molecule has 3 aromatic carbocycles. The van der Waals surface area contributed by atoms with Crippen LogP contribution < -0.4 is 35.8 Å². The molecule has 0 aliphatic carbocycles. The van der Waals surface area contributed by atoms with Gasteiger partial charge in [-0.2, -0.15) is 4.98 Å². The number of aryl methyl sites for hydroxylation is 1. The summed E-state index contributed by atoms with van der Waals surface area (Å²) in [5, 5.41) is 9.59. The summed E-state index contributed by atoms with van der Waals surface area (Å²) in [6.07, 6.45) is 8.53. The second-order valence-electron chi connectivity index (χ2n) is 19.1. The van der Waals surface area contributed by atoms with Crippen molar-refractivity contribution in [2.24, 2.45) is 5.92 Å². The molecule has 2 aromatic heterocycles. The van der Waals surface area contributed by atoms with E-state index < -0.39 is 36.8 Å². The van der Waals surface area contributed by atoms with E-state index in [4.69, 9.17) is 9.72 Å². The first-order valence-corrected chi connectivity index (χ1v) is 27.5. The van der Waals surface area contributed by atoms with Gasteiger partial charge in [0.1, 0.15) is 30.3 Å². The number of nitrogens with one attached hydrogen (secondary N) is 3. The molecule has 3 N–H and O–H groups in total. The van der Waals surface area contributed by atoms with Crippen LogP contribution in [0.1, 0.15) is 65.3 Å². The first-order chi connectivity index (χ1) is 34.2. The van der Waals surface area contributed by atoms with Crippen molar-refractivity contribution >= 4 is 103 Å². The van der Waals surface area contributed by atoms with Crippen LogP contribution in [-0.4, -0.2) is 149 Å². The van der Waals surface area contributed by atoms with E-state index in [-0.39, 0.29) is 35.8 Å². The highest BCUT2D eigenvalue weighted by Gasteiger charge is 2.45. The fourth-order valence-electron chi connectivity index (χ4n) is 10.8. The standard InChI is InChI=1S/C50H56BrN12O7P/c1-5-29-24-38(56-50-54-27-35(51)45(58-50)55-37-9-8-36-43(53-16-15-52-36)44(37)71(3,4)69)41(70-2)26-40(29)60-18-13-31(14-19-60)59-20-22-61(23-21-59)47(66)30-12-17-62(28-30)32-6-7-33-34(25-32)49(68)63(48(33)67)39-10-11-42(64)57-46(39)65/h6-9,15-16,24-27,30-31,39H,5,10-14,17-23,28H2,1-4H3,(H,57,64,65)(H2,54,55,56,58)/t30-,39?/m0/s1. The normalized spacial score (nSPS) is 20.2. The summed E-state index contributed by atoms with van der Waals surface area (Å²) in [4.78, 5) is 93.1. The molecule has 0 bridgehead atoms. The third kappa shape index (κ3) is 9.44. The molecule has 0 spiro atoms. The highest BCUT2D eigenvalue weighted by Crippen LogP contribution is 2.42. The molecule has 0 radical (unpaired) electrons. The number of carbonyl (C=O) groups excluding carboxylic acids is 5. The van der Waals surface area contributed by atoms with Crippen LogP contribution in [0.4, 0.5) is 34.5 Å². The van der Waals surface area contributed by atoms with Gasteiger partial charge in [0.15, 0.2) is 0 Å². The second-order valence-corrected chi connectivity index (χ2v) is 23.1. The Hall–Kier alpha value is -6.50. The van der Waals surface area contributed by atoms with Gasteiger partial charge in [0, 0.05) is 101 Å². The zero-order valence-corrected chi connectivity index (χ0v) is 42.6. The number of hydrogen-bond acceptors (Lipinski definition) is 16. The van der Waals surface area contributed by atoms with E-state index in [1.165, 1.54) is 5.56 Å². The lowest BCUT2D eigenvalue weighted by molar-refractivity contribution is -0.137. The van der Waals surface area contributed by atoms with Crippen LogP contribution in [-0.2, 0) is 25.4 Å². The van der Waals surface area contributed by atoms with E-state index in [1.807, 2.05) is 17.0 Å². The first-order valence-electron chi connectivity index (χ1n) is 24.1. The van der Waals surface area contributed by atoms with Crippen LogP contribution in [0.3, 0.4) is 0 Å². The zero-order chi connectivity index (χ0) is 49.7. The van der Waals surface area contributed by atoms with Gasteiger partial charge in [0.25, 0.3) is 11.8 Å². The summed E-state index contributed by atoms with van der Waals surface area (Å²) in [6, 6.07) is 12.4. The van der Waals surface area contributed by atoms with Crippen LogP contribution in [0.2, 0.25) is 0 Å². The van der Waals surface area contributed by atoms with Crippen molar-refractivity contribution in [3.8, 4) is 5.75 Å². The Morgan fingerprint density at radius 2 is 1.59 bits per heavy atom. The van der Waals surface area contributed by atoms with Crippen LogP contribution >= 0.6 is 23.1 Å². The highest BCUT2D eigenvalue weighted by molar-refractivity contribution is 9.10. The predicted octanol–water partition coefficient (Wildman–Crippen LogP) is 5.53. The number of methoxy groups -OCH3 is 1. The van der Waals surface area contributed by atoms with Crippen molar-refractivity contribution in [2.75, 3.05) is 93.2 Å². The zero-order valence-electron chi connectivity index (χ0n) is 40.1. The quantitative estimate of drug-likeness (QED) is 0.103. The summed E-state index contributed by atoms with van der Waals surface area (Å²) < 4.78 is 20.1. The molecule has 5 aromatic rings. The maximum atomic E-state index is 13.9. The third-order valence-corrected chi connectivity index (χ3v) is 16.6. The number of piperidine rings is 2. The average Bonchev–Trinajstić information content (AvgIpc) is 3.96. The van der Waals surface area contributed by atoms with Crippen LogP contribution in [0.25, 0.3) is 11.0 Å². The molecule has 5 aliphatic rings. The van der Waals surface area contributed by atoms with Crippen molar-refractivity contribution in [3.05, 3.63) is 82.2 Å². The van der Waals surface area contributed by atoms with E-state index in [2.05, 4.69) is 80.6 Å². The minimum Gasteiger partial charge on any atom is -0.494 e.